The second kappa shape index (κ2) is 8.42. The molecule has 0 saturated heterocycles. The summed E-state index contributed by atoms with van der Waals surface area (Å²) >= 11 is 0. The predicted octanol–water partition coefficient (Wildman–Crippen LogP) is 10.7. The molecule has 0 spiro atoms. The van der Waals surface area contributed by atoms with Gasteiger partial charge < -0.3 is 8.98 Å². The molecule has 4 heterocycles. The van der Waals surface area contributed by atoms with Crippen molar-refractivity contribution in [3.05, 3.63) is 127 Å². The lowest BCUT2D eigenvalue weighted by Gasteiger charge is -2.18. The molecule has 0 N–H and O–H groups in total. The Morgan fingerprint density at radius 2 is 1.48 bits per heavy atom. The Balaban J connectivity index is 1.51. The number of hydrogen-bond donors (Lipinski definition) is 0. The van der Waals surface area contributed by atoms with Crippen molar-refractivity contribution in [3.8, 4) is 16.9 Å². The fourth-order valence-electron chi connectivity index (χ4n) is 7.63. The van der Waals surface area contributed by atoms with Crippen LogP contribution in [0.5, 0.6) is 0 Å². The van der Waals surface area contributed by atoms with Gasteiger partial charge >= 0.3 is 0 Å². The van der Waals surface area contributed by atoms with E-state index < -0.39 is 0 Å². The molecule has 0 radical (unpaired) electrons. The van der Waals surface area contributed by atoms with Crippen LogP contribution in [0.2, 0.25) is 0 Å². The number of benzene rings is 6. The van der Waals surface area contributed by atoms with Crippen LogP contribution in [0.3, 0.4) is 0 Å². The molecule has 0 amide bonds. The highest BCUT2D eigenvalue weighted by atomic mass is 16.3. The zero-order chi connectivity index (χ0) is 29.1. The van der Waals surface area contributed by atoms with Crippen LogP contribution >= 0.6 is 0 Å². The summed E-state index contributed by atoms with van der Waals surface area (Å²) in [4.78, 5) is 9.61. The maximum atomic E-state index is 6.45. The molecule has 0 saturated carbocycles. The molecule has 0 aliphatic rings. The quantitative estimate of drug-likeness (QED) is 0.197. The first-order chi connectivity index (χ1) is 21.6. The number of para-hydroxylation sites is 2. The molecule has 6 aromatic carbocycles. The molecule has 10 aromatic rings. The zero-order valence-corrected chi connectivity index (χ0v) is 24.2. The predicted molar refractivity (Wildman–Crippen MR) is 182 cm³/mol. The van der Waals surface area contributed by atoms with Gasteiger partial charge in [0.15, 0.2) is 0 Å². The first kappa shape index (κ1) is 23.8. The van der Waals surface area contributed by atoms with Gasteiger partial charge in [0.1, 0.15) is 11.2 Å². The highest BCUT2D eigenvalue weighted by Gasteiger charge is 2.23. The van der Waals surface area contributed by atoms with Crippen LogP contribution in [0.25, 0.3) is 93.0 Å². The van der Waals surface area contributed by atoms with Gasteiger partial charge in [0, 0.05) is 49.8 Å². The lowest BCUT2D eigenvalue weighted by Crippen LogP contribution is -1.97. The minimum absolute atomic E-state index is 0.905. The summed E-state index contributed by atoms with van der Waals surface area (Å²) in [7, 11) is 0. The second-order valence-corrected chi connectivity index (χ2v) is 12.0. The normalized spacial score (nSPS) is 12.3. The second-order valence-electron chi connectivity index (χ2n) is 12.0. The molecule has 0 bridgehead atoms. The number of furan rings is 1. The Kier molecular flexibility index (Phi) is 4.55. The average Bonchev–Trinajstić information content (AvgIpc) is 3.58. The van der Waals surface area contributed by atoms with E-state index in [9.17, 15) is 0 Å². The zero-order valence-electron chi connectivity index (χ0n) is 24.2. The van der Waals surface area contributed by atoms with Crippen LogP contribution in [0, 0.1) is 13.8 Å². The average molecular weight is 564 g/mol. The highest BCUT2D eigenvalue weighted by molar-refractivity contribution is 6.38. The van der Waals surface area contributed by atoms with E-state index in [0.717, 1.165) is 44.6 Å². The smallest absolute Gasteiger partial charge is 0.136 e. The molecule has 4 aromatic heterocycles. The van der Waals surface area contributed by atoms with E-state index in [2.05, 4.69) is 114 Å². The summed E-state index contributed by atoms with van der Waals surface area (Å²) in [6.45, 7) is 4.23. The minimum atomic E-state index is 0.905. The number of aryl methyl sites for hydroxylation is 2. The Hall–Kier alpha value is -5.74. The largest absolute Gasteiger partial charge is 0.456 e. The number of rotatable bonds is 2. The van der Waals surface area contributed by atoms with E-state index in [1.54, 1.807) is 0 Å². The molecule has 206 valence electrons. The first-order valence-corrected chi connectivity index (χ1v) is 15.0. The van der Waals surface area contributed by atoms with Gasteiger partial charge in [-0.05, 0) is 95.6 Å². The fraction of sp³-hybridized carbons (Fsp3) is 0.0500. The Morgan fingerprint density at radius 3 is 2.34 bits per heavy atom. The first-order valence-electron chi connectivity index (χ1n) is 15.0. The van der Waals surface area contributed by atoms with Gasteiger partial charge in [0.05, 0.1) is 28.6 Å². The van der Waals surface area contributed by atoms with Crippen molar-refractivity contribution in [2.24, 2.45) is 0 Å². The van der Waals surface area contributed by atoms with Gasteiger partial charge in [-0.1, -0.05) is 48.5 Å². The number of nitrogens with zero attached hydrogens (tertiary/aromatic N) is 3. The van der Waals surface area contributed by atoms with Crippen LogP contribution in [0.1, 0.15) is 11.3 Å². The summed E-state index contributed by atoms with van der Waals surface area (Å²) in [6, 6.07) is 37.1. The lowest BCUT2D eigenvalue weighted by atomic mass is 9.87. The number of fused-ring (bicyclic) bond motifs is 8. The van der Waals surface area contributed by atoms with Crippen LogP contribution in [-0.2, 0) is 0 Å². The van der Waals surface area contributed by atoms with Crippen molar-refractivity contribution in [1.29, 1.82) is 0 Å². The van der Waals surface area contributed by atoms with E-state index in [1.165, 1.54) is 59.7 Å². The standard InChI is InChI=1S/C40H25N3O/c1-22-16-23(2)42-33(17-22)29-19-32-37-24(18-36-38(32)27-10-4-6-12-35(27)44-36)13-14-28-39(37)30(29)20-31-26-9-3-5-11-34(26)43(40(28)31)25-8-7-15-41-21-25/h3-21H,1-2H3. The Bertz CT molecular complexity index is 2770. The molecule has 0 unspecified atom stereocenters. The molecular weight excluding hydrogens is 538 g/mol. The molecule has 4 heteroatoms. The molecule has 0 fully saturated rings. The van der Waals surface area contributed by atoms with Crippen LogP contribution in [-0.4, -0.2) is 14.5 Å². The monoisotopic (exact) mass is 563 g/mol. The molecule has 0 atom stereocenters. The maximum Gasteiger partial charge on any atom is 0.136 e. The summed E-state index contributed by atoms with van der Waals surface area (Å²) < 4.78 is 8.82. The van der Waals surface area contributed by atoms with E-state index in [1.807, 2.05) is 24.5 Å². The molecule has 44 heavy (non-hydrogen) atoms. The topological polar surface area (TPSA) is 43.9 Å². The van der Waals surface area contributed by atoms with Gasteiger partial charge in [0.2, 0.25) is 0 Å². The third-order valence-electron chi connectivity index (χ3n) is 9.27. The Morgan fingerprint density at radius 1 is 0.614 bits per heavy atom. The third-order valence-corrected chi connectivity index (χ3v) is 9.27. The summed E-state index contributed by atoms with van der Waals surface area (Å²) in [6.07, 6.45) is 3.79. The summed E-state index contributed by atoms with van der Waals surface area (Å²) in [5, 5.41) is 12.0. The van der Waals surface area contributed by atoms with Gasteiger partial charge in [0.25, 0.3) is 0 Å². The Labute approximate surface area is 252 Å². The van der Waals surface area contributed by atoms with E-state index in [4.69, 9.17) is 9.40 Å². The maximum absolute atomic E-state index is 6.45. The van der Waals surface area contributed by atoms with Crippen molar-refractivity contribution in [3.63, 3.8) is 0 Å². The highest BCUT2D eigenvalue weighted by Crippen LogP contribution is 2.48. The third kappa shape index (κ3) is 3.07. The summed E-state index contributed by atoms with van der Waals surface area (Å²) in [5.41, 5.74) is 9.57. The van der Waals surface area contributed by atoms with E-state index >= 15 is 0 Å². The van der Waals surface area contributed by atoms with Crippen molar-refractivity contribution in [2.45, 2.75) is 13.8 Å². The van der Waals surface area contributed by atoms with Crippen molar-refractivity contribution >= 4 is 76.1 Å². The van der Waals surface area contributed by atoms with Gasteiger partial charge in [-0.25, -0.2) is 0 Å². The molecule has 0 aliphatic heterocycles. The lowest BCUT2D eigenvalue weighted by molar-refractivity contribution is 0.669. The number of pyridine rings is 2. The van der Waals surface area contributed by atoms with Gasteiger partial charge in [-0.15, -0.1) is 0 Å². The van der Waals surface area contributed by atoms with E-state index in [0.29, 0.717) is 0 Å². The van der Waals surface area contributed by atoms with Crippen LogP contribution in [0.15, 0.2) is 120 Å². The molecule has 4 nitrogen and oxygen atoms in total. The van der Waals surface area contributed by atoms with Crippen LogP contribution in [0.4, 0.5) is 0 Å². The van der Waals surface area contributed by atoms with Gasteiger partial charge in [-0.3, -0.25) is 9.97 Å². The number of hydrogen-bond acceptors (Lipinski definition) is 3. The fourth-order valence-corrected chi connectivity index (χ4v) is 7.63. The van der Waals surface area contributed by atoms with Crippen LogP contribution < -0.4 is 0 Å². The molecule has 10 rings (SSSR count). The SMILES string of the molecule is Cc1cc(C)nc(-c2cc3c4c(cc5ccc6c(c2cc2c7ccccc7n(-c7cccnc7)c26)c53)oc2ccccc24)c1. The van der Waals surface area contributed by atoms with E-state index in [-0.39, 0.29) is 0 Å². The van der Waals surface area contributed by atoms with Gasteiger partial charge in [-0.2, -0.15) is 0 Å². The number of aromatic nitrogens is 3. The van der Waals surface area contributed by atoms with Crippen molar-refractivity contribution < 1.29 is 4.42 Å². The minimum Gasteiger partial charge on any atom is -0.456 e. The van der Waals surface area contributed by atoms with Crippen molar-refractivity contribution in [2.75, 3.05) is 0 Å². The molecular formula is C40H25N3O. The summed E-state index contributed by atoms with van der Waals surface area (Å²) in [5.74, 6) is 0. The molecule has 0 aliphatic carbocycles. The van der Waals surface area contributed by atoms with Crippen molar-refractivity contribution in [1.82, 2.24) is 14.5 Å².